The van der Waals surface area contributed by atoms with Gasteiger partial charge in [-0.05, 0) is 75.5 Å². The smallest absolute Gasteiger partial charge is 0.337 e. The number of carbonyl (C=O) groups excluding carboxylic acids is 1. The van der Waals surface area contributed by atoms with Gasteiger partial charge in [0.05, 0.1) is 24.8 Å². The molecule has 170 valence electrons. The van der Waals surface area contributed by atoms with Crippen LogP contribution in [0.1, 0.15) is 42.6 Å². The summed E-state index contributed by atoms with van der Waals surface area (Å²) in [5, 5.41) is 9.56. The number of halogens is 2. The molecule has 0 unspecified atom stereocenters. The lowest BCUT2D eigenvalue weighted by Gasteiger charge is -2.34. The molecule has 5 nitrogen and oxygen atoms in total. The van der Waals surface area contributed by atoms with E-state index < -0.39 is 17.5 Å². The first-order valence-electron chi connectivity index (χ1n) is 10.7. The molecule has 3 rings (SSSR count). The first-order valence-corrected chi connectivity index (χ1v) is 10.7. The zero-order valence-corrected chi connectivity index (χ0v) is 18.7. The molecule has 7 heteroatoms. The van der Waals surface area contributed by atoms with Crippen molar-refractivity contribution in [3.8, 4) is 22.9 Å². The molecule has 0 N–H and O–H groups in total. The normalized spacial score (nSPS) is 15.2. The van der Waals surface area contributed by atoms with Crippen LogP contribution in [0.25, 0.3) is 11.1 Å². The zero-order valence-electron chi connectivity index (χ0n) is 18.7. The predicted octanol–water partition coefficient (Wildman–Crippen LogP) is 4.99. The summed E-state index contributed by atoms with van der Waals surface area (Å²) < 4.78 is 38.9. The summed E-state index contributed by atoms with van der Waals surface area (Å²) in [7, 11) is 1.24. The fourth-order valence-electron chi connectivity index (χ4n) is 3.96. The highest BCUT2D eigenvalue weighted by Crippen LogP contribution is 2.30. The van der Waals surface area contributed by atoms with Crippen LogP contribution in [-0.4, -0.2) is 49.9 Å². The number of carbonyl (C=O) groups is 1. The Morgan fingerprint density at radius 3 is 2.53 bits per heavy atom. The summed E-state index contributed by atoms with van der Waals surface area (Å²) >= 11 is 0. The predicted molar refractivity (Wildman–Crippen MR) is 118 cm³/mol. The van der Waals surface area contributed by atoms with E-state index in [4.69, 9.17) is 4.74 Å². The van der Waals surface area contributed by atoms with Crippen LogP contribution in [0.4, 0.5) is 8.78 Å². The Kier molecular flexibility index (Phi) is 7.47. The topological polar surface area (TPSA) is 62.6 Å². The molecule has 0 spiro atoms. The lowest BCUT2D eigenvalue weighted by Crippen LogP contribution is -2.41. The van der Waals surface area contributed by atoms with Crippen molar-refractivity contribution < 1.29 is 23.0 Å². The molecular weight excluding hydrogens is 414 g/mol. The number of esters is 1. The average molecular weight is 443 g/mol. The Balaban J connectivity index is 1.64. The number of benzene rings is 2. The maximum atomic E-state index is 14.5. The summed E-state index contributed by atoms with van der Waals surface area (Å²) in [5.41, 5.74) is 0.0334. The quantitative estimate of drug-likeness (QED) is 0.566. The van der Waals surface area contributed by atoms with Gasteiger partial charge in [0.25, 0.3) is 0 Å². The van der Waals surface area contributed by atoms with Crippen molar-refractivity contribution >= 4 is 5.97 Å². The van der Waals surface area contributed by atoms with E-state index in [9.17, 15) is 18.8 Å². The van der Waals surface area contributed by atoms with Gasteiger partial charge in [0.2, 0.25) is 0 Å². The molecule has 2 aromatic rings. The number of ether oxygens (including phenoxy) is 2. The fraction of sp³-hybridized carbons (Fsp3) is 0.440. The number of nitriles is 1. The minimum atomic E-state index is -1.20. The summed E-state index contributed by atoms with van der Waals surface area (Å²) in [5.74, 6) is -0.400. The van der Waals surface area contributed by atoms with Crippen molar-refractivity contribution in [2.75, 3.05) is 33.4 Å². The largest absolute Gasteiger partial charge is 0.492 e. The van der Waals surface area contributed by atoms with Gasteiger partial charge < -0.3 is 14.4 Å². The van der Waals surface area contributed by atoms with Crippen molar-refractivity contribution in [1.82, 2.24) is 4.90 Å². The Morgan fingerprint density at radius 2 is 1.94 bits per heavy atom. The molecule has 1 aliphatic heterocycles. The van der Waals surface area contributed by atoms with Gasteiger partial charge in [-0.3, -0.25) is 0 Å². The van der Waals surface area contributed by atoms with E-state index in [1.54, 1.807) is 32.0 Å². The second-order valence-corrected chi connectivity index (χ2v) is 8.76. The van der Waals surface area contributed by atoms with E-state index in [1.807, 2.05) is 0 Å². The minimum Gasteiger partial charge on any atom is -0.492 e. The van der Waals surface area contributed by atoms with Crippen molar-refractivity contribution in [2.45, 2.75) is 32.4 Å². The molecule has 0 radical (unpaired) electrons. The van der Waals surface area contributed by atoms with Crippen molar-refractivity contribution in [3.63, 3.8) is 0 Å². The van der Waals surface area contributed by atoms with Crippen LogP contribution < -0.4 is 4.74 Å². The van der Waals surface area contributed by atoms with E-state index in [2.05, 4.69) is 15.7 Å². The van der Waals surface area contributed by atoms with Gasteiger partial charge in [0.15, 0.2) is 0 Å². The Morgan fingerprint density at radius 1 is 1.22 bits per heavy atom. The van der Waals surface area contributed by atoms with Gasteiger partial charge in [-0.1, -0.05) is 12.1 Å². The number of hydrogen-bond acceptors (Lipinski definition) is 5. The van der Waals surface area contributed by atoms with Crippen molar-refractivity contribution in [3.05, 3.63) is 53.3 Å². The molecule has 0 amide bonds. The second-order valence-electron chi connectivity index (χ2n) is 8.76. The number of nitrogens with zero attached hydrogens (tertiary/aromatic N) is 2. The van der Waals surface area contributed by atoms with Gasteiger partial charge in [0.1, 0.15) is 23.3 Å². The molecule has 1 aliphatic rings. The van der Waals surface area contributed by atoms with Crippen LogP contribution in [0.2, 0.25) is 0 Å². The number of hydrogen-bond donors (Lipinski definition) is 0. The highest BCUT2D eigenvalue weighted by molar-refractivity contribution is 5.90. The Labute approximate surface area is 187 Å². The average Bonchev–Trinajstić information content (AvgIpc) is 2.77. The van der Waals surface area contributed by atoms with E-state index >= 15 is 0 Å². The molecule has 0 aliphatic carbocycles. The maximum absolute atomic E-state index is 14.5. The van der Waals surface area contributed by atoms with Gasteiger partial charge >= 0.3 is 5.97 Å². The van der Waals surface area contributed by atoms with E-state index in [-0.39, 0.29) is 11.1 Å². The molecule has 1 heterocycles. The summed E-state index contributed by atoms with van der Waals surface area (Å²) in [6, 6.07) is 11.1. The van der Waals surface area contributed by atoms with Crippen LogP contribution in [0, 0.1) is 23.1 Å². The van der Waals surface area contributed by atoms with Crippen LogP contribution in [0.15, 0.2) is 36.4 Å². The number of alkyl halides is 1. The Hall–Kier alpha value is -2.98. The molecule has 1 saturated heterocycles. The standard InChI is InChI=1S/C25H28F2N2O3/c1-25(2,27)16-29-10-8-17(9-11-29)15-32-23-7-5-18(12-20(23)14-28)21-6-4-19(13-22(21)26)24(30)31-3/h4-7,12-13,17H,8-11,15-16H2,1-3H3. The number of piperidine rings is 1. The fourth-order valence-corrected chi connectivity index (χ4v) is 3.96. The van der Waals surface area contributed by atoms with Gasteiger partial charge in [-0.25, -0.2) is 13.6 Å². The van der Waals surface area contributed by atoms with E-state index in [0.717, 1.165) is 32.0 Å². The van der Waals surface area contributed by atoms with E-state index in [1.165, 1.54) is 19.2 Å². The highest BCUT2D eigenvalue weighted by Gasteiger charge is 2.25. The number of rotatable bonds is 7. The van der Waals surface area contributed by atoms with E-state index in [0.29, 0.717) is 35.9 Å². The van der Waals surface area contributed by atoms with Crippen LogP contribution in [-0.2, 0) is 4.74 Å². The monoisotopic (exact) mass is 442 g/mol. The number of methoxy groups -OCH3 is 1. The molecule has 32 heavy (non-hydrogen) atoms. The maximum Gasteiger partial charge on any atom is 0.337 e. The zero-order chi connectivity index (χ0) is 23.3. The van der Waals surface area contributed by atoms with Gasteiger partial charge in [-0.15, -0.1) is 0 Å². The number of likely N-dealkylation sites (tertiary alicyclic amines) is 1. The molecule has 0 bridgehead atoms. The SMILES string of the molecule is COC(=O)c1ccc(-c2ccc(OCC3CCN(CC(C)(C)F)CC3)c(C#N)c2)c(F)c1. The lowest BCUT2D eigenvalue weighted by atomic mass is 9.96. The molecule has 0 aromatic heterocycles. The van der Waals surface area contributed by atoms with Gasteiger partial charge in [-0.2, -0.15) is 5.26 Å². The lowest BCUT2D eigenvalue weighted by molar-refractivity contribution is 0.0600. The summed E-state index contributed by atoms with van der Waals surface area (Å²) in [6.07, 6.45) is 1.82. The first-order chi connectivity index (χ1) is 15.2. The van der Waals surface area contributed by atoms with Crippen molar-refractivity contribution in [1.29, 1.82) is 5.26 Å². The van der Waals surface area contributed by atoms with Crippen LogP contribution in [0.3, 0.4) is 0 Å². The third-order valence-corrected chi connectivity index (χ3v) is 5.58. The molecular formula is C25H28F2N2O3. The molecule has 1 fully saturated rings. The van der Waals surface area contributed by atoms with Crippen LogP contribution in [0.5, 0.6) is 5.75 Å². The third kappa shape index (κ3) is 6.04. The minimum absolute atomic E-state index is 0.121. The highest BCUT2D eigenvalue weighted by atomic mass is 19.1. The Bertz CT molecular complexity index is 1000. The summed E-state index contributed by atoms with van der Waals surface area (Å²) in [6.45, 7) is 5.74. The second kappa shape index (κ2) is 10.1. The van der Waals surface area contributed by atoms with Crippen molar-refractivity contribution in [2.24, 2.45) is 5.92 Å². The molecule has 0 atom stereocenters. The molecule has 2 aromatic carbocycles. The first kappa shape index (κ1) is 23.7. The summed E-state index contributed by atoms with van der Waals surface area (Å²) in [4.78, 5) is 13.7. The van der Waals surface area contributed by atoms with Gasteiger partial charge in [0, 0.05) is 12.1 Å². The third-order valence-electron chi connectivity index (χ3n) is 5.58. The molecule has 0 saturated carbocycles. The van der Waals surface area contributed by atoms with Crippen LogP contribution >= 0.6 is 0 Å².